The zero-order valence-corrected chi connectivity index (χ0v) is 11.4. The van der Waals surface area contributed by atoms with Gasteiger partial charge in [-0.15, -0.1) is 0 Å². The Kier molecular flexibility index (Phi) is 3.44. The first-order chi connectivity index (χ1) is 9.32. The topological polar surface area (TPSA) is 59.3 Å². The second kappa shape index (κ2) is 4.92. The van der Waals surface area contributed by atoms with Gasteiger partial charge in [-0.3, -0.25) is 4.79 Å². The maximum absolute atomic E-state index is 13.1. The molecule has 20 heavy (non-hydrogen) atoms. The summed E-state index contributed by atoms with van der Waals surface area (Å²) in [6.07, 6.45) is 1.57. The van der Waals surface area contributed by atoms with Crippen LogP contribution in [0.4, 0.5) is 4.39 Å². The molecular formula is C15H14FNO3. The van der Waals surface area contributed by atoms with Gasteiger partial charge in [-0.2, -0.15) is 0 Å². The van der Waals surface area contributed by atoms with Crippen molar-refractivity contribution in [1.29, 1.82) is 0 Å². The highest BCUT2D eigenvalue weighted by Crippen LogP contribution is 2.22. The van der Waals surface area contributed by atoms with Crippen molar-refractivity contribution in [1.82, 2.24) is 4.57 Å². The predicted octanol–water partition coefficient (Wildman–Crippen LogP) is 2.51. The van der Waals surface area contributed by atoms with Gasteiger partial charge in [-0.25, -0.2) is 9.18 Å². The van der Waals surface area contributed by atoms with Crippen LogP contribution in [-0.4, -0.2) is 15.6 Å². The highest BCUT2D eigenvalue weighted by atomic mass is 19.1. The van der Waals surface area contributed by atoms with Gasteiger partial charge in [0.1, 0.15) is 11.4 Å². The molecule has 1 heterocycles. The largest absolute Gasteiger partial charge is 0.477 e. The Bertz CT molecular complexity index is 762. The SMILES string of the molecule is Cc1cc(F)ccc1-c1cn(C)c(C)c(C(=O)O)c1=O. The summed E-state index contributed by atoms with van der Waals surface area (Å²) < 4.78 is 14.7. The molecule has 1 aromatic carbocycles. The average molecular weight is 275 g/mol. The third-order valence-corrected chi connectivity index (χ3v) is 3.38. The van der Waals surface area contributed by atoms with E-state index in [0.717, 1.165) is 0 Å². The van der Waals surface area contributed by atoms with Crippen molar-refractivity contribution < 1.29 is 14.3 Å². The summed E-state index contributed by atoms with van der Waals surface area (Å²) in [5.41, 5.74) is 0.951. The first-order valence-corrected chi connectivity index (χ1v) is 6.03. The summed E-state index contributed by atoms with van der Waals surface area (Å²) >= 11 is 0. The van der Waals surface area contributed by atoms with Crippen molar-refractivity contribution in [3.05, 3.63) is 57.3 Å². The summed E-state index contributed by atoms with van der Waals surface area (Å²) in [5, 5.41) is 9.18. The van der Waals surface area contributed by atoms with E-state index < -0.39 is 17.2 Å². The Hall–Kier alpha value is -2.43. The minimum absolute atomic E-state index is 0.256. The standard InChI is InChI=1S/C15H14FNO3/c1-8-6-10(16)4-5-11(8)12-7-17(3)9(2)13(14(12)18)15(19)20/h4-7H,1-3H3,(H,19,20). The highest BCUT2D eigenvalue weighted by molar-refractivity contribution is 5.90. The number of carbonyl (C=O) groups is 1. The number of aryl methyl sites for hydroxylation is 2. The van der Waals surface area contributed by atoms with E-state index in [-0.39, 0.29) is 11.1 Å². The van der Waals surface area contributed by atoms with Crippen LogP contribution in [-0.2, 0) is 7.05 Å². The number of aromatic nitrogens is 1. The Morgan fingerprint density at radius 3 is 2.45 bits per heavy atom. The number of rotatable bonds is 2. The molecule has 4 nitrogen and oxygen atoms in total. The highest BCUT2D eigenvalue weighted by Gasteiger charge is 2.19. The summed E-state index contributed by atoms with van der Waals surface area (Å²) in [4.78, 5) is 23.6. The number of carboxylic acids is 1. The third kappa shape index (κ3) is 2.22. The number of aromatic carboxylic acids is 1. The maximum Gasteiger partial charge on any atom is 0.341 e. The minimum Gasteiger partial charge on any atom is -0.477 e. The molecule has 0 spiro atoms. The van der Waals surface area contributed by atoms with E-state index in [2.05, 4.69) is 0 Å². The second-order valence-electron chi connectivity index (χ2n) is 4.71. The lowest BCUT2D eigenvalue weighted by atomic mass is 9.99. The summed E-state index contributed by atoms with van der Waals surface area (Å²) in [6.45, 7) is 3.25. The molecule has 0 bridgehead atoms. The van der Waals surface area contributed by atoms with Gasteiger partial charge in [0, 0.05) is 24.5 Å². The van der Waals surface area contributed by atoms with Crippen molar-refractivity contribution >= 4 is 5.97 Å². The Morgan fingerprint density at radius 1 is 1.25 bits per heavy atom. The number of hydrogen-bond acceptors (Lipinski definition) is 2. The van der Waals surface area contributed by atoms with Crippen LogP contribution >= 0.6 is 0 Å². The van der Waals surface area contributed by atoms with E-state index in [9.17, 15) is 19.1 Å². The Labute approximate surface area is 115 Å². The Balaban J connectivity index is 2.82. The molecule has 0 aliphatic heterocycles. The van der Waals surface area contributed by atoms with Crippen LogP contribution in [0, 0.1) is 19.7 Å². The molecule has 0 aliphatic carbocycles. The summed E-state index contributed by atoms with van der Waals surface area (Å²) in [7, 11) is 1.67. The molecule has 0 saturated heterocycles. The number of halogens is 1. The second-order valence-corrected chi connectivity index (χ2v) is 4.71. The molecule has 104 valence electrons. The van der Waals surface area contributed by atoms with Crippen LogP contribution in [0.3, 0.4) is 0 Å². The van der Waals surface area contributed by atoms with Crippen LogP contribution in [0.5, 0.6) is 0 Å². The fourth-order valence-corrected chi connectivity index (χ4v) is 2.20. The molecule has 1 N–H and O–H groups in total. The Morgan fingerprint density at radius 2 is 1.90 bits per heavy atom. The lowest BCUT2D eigenvalue weighted by Crippen LogP contribution is -2.22. The van der Waals surface area contributed by atoms with Crippen LogP contribution in [0.15, 0.2) is 29.2 Å². The summed E-state index contributed by atoms with van der Waals surface area (Å²) in [5.74, 6) is -1.65. The molecule has 0 atom stereocenters. The molecule has 0 fully saturated rings. The molecule has 0 amide bonds. The zero-order chi connectivity index (χ0) is 15.0. The number of nitrogens with zero attached hydrogens (tertiary/aromatic N) is 1. The minimum atomic E-state index is -1.26. The van der Waals surface area contributed by atoms with Crippen LogP contribution < -0.4 is 5.43 Å². The van der Waals surface area contributed by atoms with E-state index in [1.54, 1.807) is 31.7 Å². The molecule has 0 radical (unpaired) electrons. The molecule has 1 aromatic heterocycles. The average Bonchev–Trinajstić information content (AvgIpc) is 2.34. The fourth-order valence-electron chi connectivity index (χ4n) is 2.20. The van der Waals surface area contributed by atoms with Crippen molar-refractivity contribution in [2.24, 2.45) is 7.05 Å². The molecular weight excluding hydrogens is 261 g/mol. The van der Waals surface area contributed by atoms with Gasteiger partial charge in [0.15, 0.2) is 0 Å². The molecule has 5 heteroatoms. The number of carboxylic acid groups (broad SMARTS) is 1. The fraction of sp³-hybridized carbons (Fsp3) is 0.200. The zero-order valence-electron chi connectivity index (χ0n) is 11.4. The first kappa shape index (κ1) is 14.0. The van der Waals surface area contributed by atoms with Gasteiger partial charge in [-0.1, -0.05) is 6.07 Å². The van der Waals surface area contributed by atoms with Crippen molar-refractivity contribution in [3.8, 4) is 11.1 Å². The first-order valence-electron chi connectivity index (χ1n) is 6.03. The monoisotopic (exact) mass is 275 g/mol. The van der Waals surface area contributed by atoms with Gasteiger partial charge in [0.05, 0.1) is 0 Å². The quantitative estimate of drug-likeness (QED) is 0.916. The lowest BCUT2D eigenvalue weighted by Gasteiger charge is -2.12. The van der Waals surface area contributed by atoms with E-state index in [0.29, 0.717) is 16.8 Å². The summed E-state index contributed by atoms with van der Waals surface area (Å²) in [6, 6.07) is 4.06. The van der Waals surface area contributed by atoms with Gasteiger partial charge in [-0.05, 0) is 37.1 Å². The van der Waals surface area contributed by atoms with Crippen LogP contribution in [0.1, 0.15) is 21.6 Å². The predicted molar refractivity (Wildman–Crippen MR) is 73.5 cm³/mol. The van der Waals surface area contributed by atoms with Gasteiger partial charge < -0.3 is 9.67 Å². The third-order valence-electron chi connectivity index (χ3n) is 3.38. The van der Waals surface area contributed by atoms with Gasteiger partial charge in [0.2, 0.25) is 5.43 Å². The molecule has 0 aliphatic rings. The van der Waals surface area contributed by atoms with Gasteiger partial charge >= 0.3 is 5.97 Å². The van der Waals surface area contributed by atoms with E-state index >= 15 is 0 Å². The molecule has 0 saturated carbocycles. The normalized spacial score (nSPS) is 10.6. The molecule has 2 aromatic rings. The van der Waals surface area contributed by atoms with Crippen molar-refractivity contribution in [2.75, 3.05) is 0 Å². The lowest BCUT2D eigenvalue weighted by molar-refractivity contribution is 0.0693. The molecule has 2 rings (SSSR count). The van der Waals surface area contributed by atoms with Crippen LogP contribution in [0.2, 0.25) is 0 Å². The van der Waals surface area contributed by atoms with E-state index in [4.69, 9.17) is 0 Å². The number of benzene rings is 1. The smallest absolute Gasteiger partial charge is 0.341 e. The van der Waals surface area contributed by atoms with E-state index in [1.165, 1.54) is 18.2 Å². The van der Waals surface area contributed by atoms with Crippen molar-refractivity contribution in [2.45, 2.75) is 13.8 Å². The maximum atomic E-state index is 13.1. The van der Waals surface area contributed by atoms with Gasteiger partial charge in [0.25, 0.3) is 0 Å². The van der Waals surface area contributed by atoms with Crippen molar-refractivity contribution in [3.63, 3.8) is 0 Å². The number of hydrogen-bond donors (Lipinski definition) is 1. The van der Waals surface area contributed by atoms with Crippen LogP contribution in [0.25, 0.3) is 11.1 Å². The number of pyridine rings is 1. The van der Waals surface area contributed by atoms with E-state index in [1.807, 2.05) is 0 Å². The molecule has 0 unspecified atom stereocenters.